The number of sulfone groups is 1. The zero-order chi connectivity index (χ0) is 23.0. The Balaban J connectivity index is 1.75. The molecule has 0 aliphatic carbocycles. The highest BCUT2D eigenvalue weighted by Crippen LogP contribution is 2.40. The van der Waals surface area contributed by atoms with Crippen molar-refractivity contribution in [3.05, 3.63) is 50.9 Å². The fourth-order valence-electron chi connectivity index (χ4n) is 3.66. The van der Waals surface area contributed by atoms with E-state index < -0.39 is 15.4 Å². The molecule has 2 heterocycles. The molecule has 0 N–H and O–H groups in total. The van der Waals surface area contributed by atoms with Crippen molar-refractivity contribution >= 4 is 38.9 Å². The molecule has 0 radical (unpaired) electrons. The van der Waals surface area contributed by atoms with E-state index in [1.165, 1.54) is 11.8 Å². The summed E-state index contributed by atoms with van der Waals surface area (Å²) in [6.07, 6.45) is 1.94. The van der Waals surface area contributed by atoms with Crippen molar-refractivity contribution < 1.29 is 17.9 Å². The molecule has 1 aromatic carbocycles. The van der Waals surface area contributed by atoms with Crippen molar-refractivity contribution in [3.8, 4) is 5.75 Å². The number of aromatic nitrogens is 2. The minimum absolute atomic E-state index is 0.0256. The molecule has 3 rings (SSSR count). The number of carbonyl (C=O) groups is 1. The highest BCUT2D eigenvalue weighted by Gasteiger charge is 2.43. The van der Waals surface area contributed by atoms with Gasteiger partial charge < -0.3 is 14.5 Å². The number of halogens is 2. The molecular formula is C20H22Cl2N4O4S. The molecule has 0 spiro atoms. The van der Waals surface area contributed by atoms with Gasteiger partial charge in [-0.2, -0.15) is 5.10 Å². The first-order valence-corrected chi connectivity index (χ1v) is 12.1. The van der Waals surface area contributed by atoms with Crippen LogP contribution in [0.2, 0.25) is 10.0 Å². The summed E-state index contributed by atoms with van der Waals surface area (Å²) in [6.45, 7) is 10.1. The molecule has 1 aromatic heterocycles. The molecule has 166 valence electrons. The fourth-order valence-corrected chi connectivity index (χ4v) is 5.13. The minimum atomic E-state index is -3.60. The summed E-state index contributed by atoms with van der Waals surface area (Å²) in [5, 5.41) is 4.27. The lowest BCUT2D eigenvalue weighted by molar-refractivity contribution is -0.133. The zero-order valence-electron chi connectivity index (χ0n) is 17.4. The lowest BCUT2D eigenvalue weighted by Gasteiger charge is -2.34. The smallest absolute Gasteiger partial charge is 0.261 e. The highest BCUT2D eigenvalue weighted by atomic mass is 35.5. The van der Waals surface area contributed by atoms with Crippen LogP contribution in [0, 0.1) is 13.5 Å². The van der Waals surface area contributed by atoms with Crippen molar-refractivity contribution in [2.45, 2.75) is 36.9 Å². The molecule has 1 saturated heterocycles. The van der Waals surface area contributed by atoms with Crippen LogP contribution in [0.25, 0.3) is 4.85 Å². The Morgan fingerprint density at radius 2 is 1.97 bits per heavy atom. The zero-order valence-corrected chi connectivity index (χ0v) is 19.7. The molecule has 0 unspecified atom stereocenters. The molecule has 0 saturated carbocycles. The highest BCUT2D eigenvalue weighted by molar-refractivity contribution is 7.90. The van der Waals surface area contributed by atoms with Gasteiger partial charge >= 0.3 is 0 Å². The maximum atomic E-state index is 12.8. The fraction of sp³-hybridized carbons (Fsp3) is 0.450. The third-order valence-electron chi connectivity index (χ3n) is 5.59. The van der Waals surface area contributed by atoms with Crippen LogP contribution in [0.4, 0.5) is 0 Å². The molecule has 31 heavy (non-hydrogen) atoms. The number of ether oxygens (including phenoxy) is 1. The Morgan fingerprint density at radius 3 is 2.48 bits per heavy atom. The predicted octanol–water partition coefficient (Wildman–Crippen LogP) is 3.35. The predicted molar refractivity (Wildman–Crippen MR) is 117 cm³/mol. The van der Waals surface area contributed by atoms with Gasteiger partial charge in [-0.3, -0.25) is 9.48 Å². The van der Waals surface area contributed by atoms with Crippen LogP contribution < -0.4 is 4.74 Å². The van der Waals surface area contributed by atoms with Crippen molar-refractivity contribution in [2.24, 2.45) is 0 Å². The standard InChI is InChI=1S/C20H22Cl2N4O4S/c1-13-18(22)19(31(4,28)29)24-26(13)12-17(27)25-9-7-20(23-2,8-10-25)14-5-6-15(21)16(11-14)30-3/h5-6,11H,7-10,12H2,1,3-4H3. The summed E-state index contributed by atoms with van der Waals surface area (Å²) >= 11 is 12.2. The van der Waals surface area contributed by atoms with E-state index in [1.54, 1.807) is 24.0 Å². The number of nitrogens with zero attached hydrogens (tertiary/aromatic N) is 4. The maximum absolute atomic E-state index is 12.8. The van der Waals surface area contributed by atoms with Gasteiger partial charge in [0.1, 0.15) is 17.3 Å². The van der Waals surface area contributed by atoms with Crippen LogP contribution in [0.15, 0.2) is 23.2 Å². The Morgan fingerprint density at radius 1 is 1.32 bits per heavy atom. The third-order valence-corrected chi connectivity index (χ3v) is 7.45. The number of carbonyl (C=O) groups excluding carboxylic acids is 1. The van der Waals surface area contributed by atoms with Crippen LogP contribution in [0.1, 0.15) is 24.1 Å². The Labute approximate surface area is 191 Å². The topological polar surface area (TPSA) is 85.9 Å². The summed E-state index contributed by atoms with van der Waals surface area (Å²) < 4.78 is 30.2. The van der Waals surface area contributed by atoms with Crippen LogP contribution >= 0.6 is 23.2 Å². The third kappa shape index (κ3) is 4.52. The Hall–Kier alpha value is -2.28. The van der Waals surface area contributed by atoms with E-state index >= 15 is 0 Å². The SMILES string of the molecule is [C-]#[N+]C1(c2ccc(Cl)c(OC)c2)CCN(C(=O)Cn2nc(S(C)(=O)=O)c(Cl)c2C)CC1. The van der Waals surface area contributed by atoms with Crippen LogP contribution in [-0.2, 0) is 26.7 Å². The van der Waals surface area contributed by atoms with Gasteiger partial charge in [0.05, 0.1) is 17.8 Å². The Bertz CT molecular complexity index is 1160. The normalized spacial score (nSPS) is 16.1. The number of benzene rings is 1. The number of methoxy groups -OCH3 is 1. The van der Waals surface area contributed by atoms with Crippen LogP contribution in [0.5, 0.6) is 5.75 Å². The number of hydrogen-bond acceptors (Lipinski definition) is 5. The summed E-state index contributed by atoms with van der Waals surface area (Å²) in [5.41, 5.74) is 0.461. The summed E-state index contributed by atoms with van der Waals surface area (Å²) in [7, 11) is -2.07. The molecule has 0 atom stereocenters. The molecule has 8 nitrogen and oxygen atoms in total. The van der Waals surface area contributed by atoms with E-state index in [9.17, 15) is 13.2 Å². The number of rotatable bonds is 5. The second-order valence-corrected chi connectivity index (χ2v) is 10.2. The first-order chi connectivity index (χ1) is 14.5. The van der Waals surface area contributed by atoms with E-state index in [0.29, 0.717) is 42.4 Å². The minimum Gasteiger partial charge on any atom is -0.495 e. The number of piperidine rings is 1. The van der Waals surface area contributed by atoms with Gasteiger partial charge in [0.25, 0.3) is 5.54 Å². The number of likely N-dealkylation sites (tertiary alicyclic amines) is 1. The lowest BCUT2D eigenvalue weighted by atomic mass is 9.81. The largest absolute Gasteiger partial charge is 0.495 e. The number of hydrogen-bond donors (Lipinski definition) is 0. The summed E-state index contributed by atoms with van der Waals surface area (Å²) in [5.74, 6) is 0.294. The van der Waals surface area contributed by atoms with Crippen molar-refractivity contribution in [1.82, 2.24) is 14.7 Å². The monoisotopic (exact) mass is 484 g/mol. The van der Waals surface area contributed by atoms with E-state index in [0.717, 1.165) is 11.8 Å². The van der Waals surface area contributed by atoms with Gasteiger partial charge in [0.15, 0.2) is 14.9 Å². The van der Waals surface area contributed by atoms with Gasteiger partial charge in [-0.05, 0) is 25.1 Å². The van der Waals surface area contributed by atoms with Crippen molar-refractivity contribution in [1.29, 1.82) is 0 Å². The molecule has 1 fully saturated rings. The molecule has 1 aliphatic rings. The molecule has 11 heteroatoms. The lowest BCUT2D eigenvalue weighted by Crippen LogP contribution is -2.45. The van der Waals surface area contributed by atoms with Gasteiger partial charge in [0, 0.05) is 37.8 Å². The average molecular weight is 485 g/mol. The van der Waals surface area contributed by atoms with E-state index in [-0.39, 0.29) is 22.5 Å². The van der Waals surface area contributed by atoms with Crippen molar-refractivity contribution in [2.75, 3.05) is 26.5 Å². The van der Waals surface area contributed by atoms with Gasteiger partial charge in [-0.15, -0.1) is 0 Å². The summed E-state index contributed by atoms with van der Waals surface area (Å²) in [6, 6.07) is 5.31. The second-order valence-electron chi connectivity index (χ2n) is 7.51. The first-order valence-electron chi connectivity index (χ1n) is 9.46. The summed E-state index contributed by atoms with van der Waals surface area (Å²) in [4.78, 5) is 18.4. The van der Waals surface area contributed by atoms with Gasteiger partial charge in [-0.1, -0.05) is 23.2 Å². The van der Waals surface area contributed by atoms with E-state index in [2.05, 4.69) is 9.94 Å². The Kier molecular flexibility index (Phi) is 6.56. The molecule has 2 aromatic rings. The van der Waals surface area contributed by atoms with Gasteiger partial charge in [-0.25, -0.2) is 15.0 Å². The number of amides is 1. The average Bonchev–Trinajstić information content (AvgIpc) is 3.02. The molecule has 1 aliphatic heterocycles. The quantitative estimate of drug-likeness (QED) is 0.607. The van der Waals surface area contributed by atoms with E-state index in [4.69, 9.17) is 34.5 Å². The first kappa shape index (κ1) is 23.4. The van der Waals surface area contributed by atoms with Crippen molar-refractivity contribution in [3.63, 3.8) is 0 Å². The van der Waals surface area contributed by atoms with Crippen LogP contribution in [-0.4, -0.2) is 55.5 Å². The van der Waals surface area contributed by atoms with E-state index in [1.807, 2.05) is 6.07 Å². The maximum Gasteiger partial charge on any atom is 0.261 e. The second kappa shape index (κ2) is 8.69. The molecule has 0 bridgehead atoms. The van der Waals surface area contributed by atoms with Gasteiger partial charge in [0.2, 0.25) is 5.91 Å². The molecule has 1 amide bonds. The molecular weight excluding hydrogens is 463 g/mol. The van der Waals surface area contributed by atoms with Crippen LogP contribution in [0.3, 0.4) is 0 Å².